The molecule has 2 atom stereocenters. The molecule has 33 heavy (non-hydrogen) atoms. The predicted octanol–water partition coefficient (Wildman–Crippen LogP) is 3.00. The maximum absolute atomic E-state index is 15.0. The third-order valence-electron chi connectivity index (χ3n) is 5.75. The van der Waals surface area contributed by atoms with Crippen LogP contribution >= 0.6 is 0 Å². The average molecular weight is 452 g/mol. The molecule has 0 radical (unpaired) electrons. The quantitative estimate of drug-likeness (QED) is 0.561. The van der Waals surface area contributed by atoms with Gasteiger partial charge in [0, 0.05) is 36.7 Å². The minimum absolute atomic E-state index is 0.266. The first-order chi connectivity index (χ1) is 16.0. The van der Waals surface area contributed by atoms with Gasteiger partial charge < -0.3 is 24.7 Å². The molecule has 0 bridgehead atoms. The number of H-pyrrole nitrogens is 1. The van der Waals surface area contributed by atoms with Crippen LogP contribution in [0.2, 0.25) is 0 Å². The van der Waals surface area contributed by atoms with Gasteiger partial charge in [-0.2, -0.15) is 0 Å². The number of benzene rings is 2. The van der Waals surface area contributed by atoms with Crippen molar-refractivity contribution in [1.82, 2.24) is 20.2 Å². The van der Waals surface area contributed by atoms with Crippen molar-refractivity contribution in [2.24, 2.45) is 0 Å². The first-order valence-electron chi connectivity index (χ1n) is 10.6. The molecule has 2 aromatic carbocycles. The lowest BCUT2D eigenvalue weighted by Gasteiger charge is -2.36. The number of fused-ring (bicyclic) bond motifs is 1. The van der Waals surface area contributed by atoms with Gasteiger partial charge >= 0.3 is 12.0 Å². The number of methoxy groups -OCH3 is 2. The summed E-state index contributed by atoms with van der Waals surface area (Å²) in [6, 6.07) is 11.7. The molecule has 0 unspecified atom stereocenters. The summed E-state index contributed by atoms with van der Waals surface area (Å²) in [6.07, 6.45) is 2.33. The van der Waals surface area contributed by atoms with Gasteiger partial charge in [0.25, 0.3) is 0 Å². The molecule has 0 aliphatic carbocycles. The summed E-state index contributed by atoms with van der Waals surface area (Å²) < 4.78 is 25.1. The van der Waals surface area contributed by atoms with E-state index < -0.39 is 29.9 Å². The molecule has 0 spiro atoms. The summed E-state index contributed by atoms with van der Waals surface area (Å²) in [5.41, 5.74) is 2.57. The standard InChI is InChI=1S/C24H25FN4O4/c1-32-16-8-9-17(18(25)13-16)22-21-19(26-14-27-21)10-11-29(22)24(31)28-20(23(30)33-2)12-15-6-4-3-5-7-15/h3-9,13-14,20,22H,10-12H2,1-2H3,(H,26,27)(H,28,31)/t20-,22+/m0/s1. The molecule has 0 saturated carbocycles. The number of halogens is 1. The monoisotopic (exact) mass is 452 g/mol. The molecule has 1 aliphatic heterocycles. The number of amides is 2. The summed E-state index contributed by atoms with van der Waals surface area (Å²) in [5, 5.41) is 2.78. The second-order valence-electron chi connectivity index (χ2n) is 7.71. The summed E-state index contributed by atoms with van der Waals surface area (Å²) in [6.45, 7) is 0.316. The highest BCUT2D eigenvalue weighted by atomic mass is 19.1. The highest BCUT2D eigenvalue weighted by Crippen LogP contribution is 2.35. The Morgan fingerprint density at radius 3 is 2.73 bits per heavy atom. The van der Waals surface area contributed by atoms with Crippen LogP contribution in [0.1, 0.15) is 28.6 Å². The third kappa shape index (κ3) is 4.67. The van der Waals surface area contributed by atoms with E-state index in [1.807, 2.05) is 30.3 Å². The molecule has 9 heteroatoms. The Morgan fingerprint density at radius 2 is 2.03 bits per heavy atom. The highest BCUT2D eigenvalue weighted by molar-refractivity contribution is 5.84. The number of esters is 1. The van der Waals surface area contributed by atoms with Crippen molar-refractivity contribution in [2.45, 2.75) is 24.9 Å². The molecular formula is C24H25FN4O4. The van der Waals surface area contributed by atoms with Crippen molar-refractivity contribution < 1.29 is 23.5 Å². The lowest BCUT2D eigenvalue weighted by Crippen LogP contribution is -2.52. The Labute approximate surface area is 190 Å². The van der Waals surface area contributed by atoms with E-state index in [4.69, 9.17) is 9.47 Å². The number of imidazole rings is 1. The molecule has 1 aliphatic rings. The van der Waals surface area contributed by atoms with Gasteiger partial charge in [-0.3, -0.25) is 0 Å². The Kier molecular flexibility index (Phi) is 6.58. The van der Waals surface area contributed by atoms with Crippen LogP contribution in [-0.4, -0.2) is 53.7 Å². The van der Waals surface area contributed by atoms with Crippen molar-refractivity contribution in [2.75, 3.05) is 20.8 Å². The van der Waals surface area contributed by atoms with Crippen LogP contribution in [0, 0.1) is 5.82 Å². The van der Waals surface area contributed by atoms with Crippen molar-refractivity contribution in [3.05, 3.63) is 83.2 Å². The Bertz CT molecular complexity index is 1130. The van der Waals surface area contributed by atoms with E-state index in [2.05, 4.69) is 15.3 Å². The Hall–Kier alpha value is -3.88. The second-order valence-corrected chi connectivity index (χ2v) is 7.71. The van der Waals surface area contributed by atoms with Crippen LogP contribution < -0.4 is 10.1 Å². The van der Waals surface area contributed by atoms with Crippen molar-refractivity contribution in [1.29, 1.82) is 0 Å². The minimum Gasteiger partial charge on any atom is -0.497 e. The molecule has 172 valence electrons. The highest BCUT2D eigenvalue weighted by Gasteiger charge is 2.37. The molecule has 2 heterocycles. The summed E-state index contributed by atoms with van der Waals surface area (Å²) >= 11 is 0. The molecule has 1 aromatic heterocycles. The summed E-state index contributed by atoms with van der Waals surface area (Å²) in [5.74, 6) is -0.697. The summed E-state index contributed by atoms with van der Waals surface area (Å²) in [4.78, 5) is 34.7. The van der Waals surface area contributed by atoms with Gasteiger partial charge in [-0.1, -0.05) is 30.3 Å². The number of aromatic nitrogens is 2. The van der Waals surface area contributed by atoms with Gasteiger partial charge in [0.05, 0.1) is 26.2 Å². The molecule has 3 aromatic rings. The SMILES string of the molecule is COC(=O)[C@H](Cc1ccccc1)NC(=O)N1CCc2[nH]cnc2[C@H]1c1ccc(OC)cc1F. The molecule has 0 saturated heterocycles. The molecule has 2 amide bonds. The molecular weight excluding hydrogens is 427 g/mol. The zero-order valence-corrected chi connectivity index (χ0v) is 18.4. The molecule has 4 rings (SSSR count). The van der Waals surface area contributed by atoms with Crippen molar-refractivity contribution >= 4 is 12.0 Å². The largest absolute Gasteiger partial charge is 0.497 e. The fraction of sp³-hybridized carbons (Fsp3) is 0.292. The number of ether oxygens (including phenoxy) is 2. The van der Waals surface area contributed by atoms with Crippen LogP contribution in [-0.2, 0) is 22.4 Å². The van der Waals surface area contributed by atoms with Gasteiger partial charge in [0.15, 0.2) is 0 Å². The summed E-state index contributed by atoms with van der Waals surface area (Å²) in [7, 11) is 2.74. The van der Waals surface area contributed by atoms with E-state index in [0.29, 0.717) is 24.4 Å². The van der Waals surface area contributed by atoms with Gasteiger partial charge in [0.1, 0.15) is 23.7 Å². The van der Waals surface area contributed by atoms with E-state index >= 15 is 4.39 Å². The van der Waals surface area contributed by atoms with Gasteiger partial charge in [0.2, 0.25) is 0 Å². The lowest BCUT2D eigenvalue weighted by molar-refractivity contribution is -0.142. The van der Waals surface area contributed by atoms with Gasteiger partial charge in [-0.25, -0.2) is 19.0 Å². The minimum atomic E-state index is -0.896. The number of nitrogens with zero attached hydrogens (tertiary/aromatic N) is 2. The maximum Gasteiger partial charge on any atom is 0.328 e. The zero-order valence-electron chi connectivity index (χ0n) is 18.4. The number of rotatable bonds is 6. The van der Waals surface area contributed by atoms with E-state index in [1.54, 1.807) is 12.1 Å². The fourth-order valence-corrected chi connectivity index (χ4v) is 4.08. The average Bonchev–Trinajstić information content (AvgIpc) is 3.32. The van der Waals surface area contributed by atoms with Crippen LogP contribution in [0.5, 0.6) is 5.75 Å². The number of carbonyl (C=O) groups is 2. The van der Waals surface area contributed by atoms with E-state index in [0.717, 1.165) is 11.3 Å². The molecule has 8 nitrogen and oxygen atoms in total. The zero-order chi connectivity index (χ0) is 23.4. The first-order valence-corrected chi connectivity index (χ1v) is 10.6. The van der Waals surface area contributed by atoms with Gasteiger partial charge in [-0.05, 0) is 17.7 Å². The van der Waals surface area contributed by atoms with E-state index in [-0.39, 0.29) is 12.0 Å². The number of urea groups is 1. The normalized spacial score (nSPS) is 16.0. The van der Waals surface area contributed by atoms with Crippen LogP contribution in [0.15, 0.2) is 54.9 Å². The van der Waals surface area contributed by atoms with E-state index in [1.165, 1.54) is 31.5 Å². The number of nitrogens with one attached hydrogen (secondary N) is 2. The van der Waals surface area contributed by atoms with E-state index in [9.17, 15) is 9.59 Å². The lowest BCUT2D eigenvalue weighted by atomic mass is 9.95. The number of hydrogen-bond donors (Lipinski definition) is 2. The van der Waals surface area contributed by atoms with Gasteiger partial charge in [-0.15, -0.1) is 0 Å². The third-order valence-corrected chi connectivity index (χ3v) is 5.75. The van der Waals surface area contributed by atoms with Crippen molar-refractivity contribution in [3.8, 4) is 5.75 Å². The smallest absolute Gasteiger partial charge is 0.328 e. The van der Waals surface area contributed by atoms with Crippen LogP contribution in [0.25, 0.3) is 0 Å². The molecule has 0 fully saturated rings. The van der Waals surface area contributed by atoms with Crippen LogP contribution in [0.3, 0.4) is 0 Å². The molecule has 2 N–H and O–H groups in total. The second kappa shape index (κ2) is 9.72. The topological polar surface area (TPSA) is 96.6 Å². The fourth-order valence-electron chi connectivity index (χ4n) is 4.08. The first kappa shape index (κ1) is 22.3. The van der Waals surface area contributed by atoms with Crippen LogP contribution in [0.4, 0.5) is 9.18 Å². The number of carbonyl (C=O) groups excluding carboxylic acids is 2. The van der Waals surface area contributed by atoms with Crippen molar-refractivity contribution in [3.63, 3.8) is 0 Å². The Morgan fingerprint density at radius 1 is 1.24 bits per heavy atom. The predicted molar refractivity (Wildman–Crippen MR) is 118 cm³/mol. The number of hydrogen-bond acceptors (Lipinski definition) is 5. The Balaban J connectivity index is 1.64. The maximum atomic E-state index is 15.0. The number of aromatic amines is 1.